The molecule has 0 saturated carbocycles. The predicted octanol–water partition coefficient (Wildman–Crippen LogP) is 4.08. The molecule has 0 aliphatic carbocycles. The number of hydrogen-bond acceptors (Lipinski definition) is 4. The molecule has 1 saturated heterocycles. The number of piperidine rings is 1. The summed E-state index contributed by atoms with van der Waals surface area (Å²) in [6.45, 7) is 4.36. The van der Waals surface area contributed by atoms with Crippen molar-refractivity contribution in [3.8, 4) is 5.75 Å². The van der Waals surface area contributed by atoms with Gasteiger partial charge in [-0.25, -0.2) is 0 Å². The topological polar surface area (TPSA) is 54.5 Å². The van der Waals surface area contributed by atoms with E-state index < -0.39 is 0 Å². The van der Waals surface area contributed by atoms with Gasteiger partial charge in [0.1, 0.15) is 5.75 Å². The highest BCUT2D eigenvalue weighted by Crippen LogP contribution is 2.30. The minimum Gasteiger partial charge on any atom is -0.497 e. The van der Waals surface area contributed by atoms with Crippen molar-refractivity contribution in [1.82, 2.24) is 10.3 Å². The second kappa shape index (κ2) is 8.52. The summed E-state index contributed by atoms with van der Waals surface area (Å²) in [5.41, 5.74) is 4.36. The smallest absolute Gasteiger partial charge is 0.223 e. The van der Waals surface area contributed by atoms with Crippen LogP contribution in [0.4, 0.5) is 5.69 Å². The Kier molecular flexibility index (Phi) is 5.65. The molecule has 5 heteroatoms. The SMILES string of the molecule is COc1ccc(CNC(=O)C2CCN(c3cc(C)nc4ccccc34)CC2)cc1. The molecule has 2 aromatic carbocycles. The number of methoxy groups -OCH3 is 1. The van der Waals surface area contributed by atoms with Crippen LogP contribution in [0, 0.1) is 12.8 Å². The number of fused-ring (bicyclic) bond motifs is 1. The van der Waals surface area contributed by atoms with Gasteiger partial charge in [0.15, 0.2) is 0 Å². The second-order valence-electron chi connectivity index (χ2n) is 7.63. The molecule has 0 spiro atoms. The molecule has 0 atom stereocenters. The van der Waals surface area contributed by atoms with Gasteiger partial charge >= 0.3 is 0 Å². The zero-order chi connectivity index (χ0) is 20.2. The fourth-order valence-electron chi connectivity index (χ4n) is 4.01. The van der Waals surface area contributed by atoms with Gasteiger partial charge in [0.05, 0.1) is 12.6 Å². The van der Waals surface area contributed by atoms with Crippen molar-refractivity contribution >= 4 is 22.5 Å². The summed E-state index contributed by atoms with van der Waals surface area (Å²) in [5.74, 6) is 1.04. The summed E-state index contributed by atoms with van der Waals surface area (Å²) in [6, 6.07) is 18.2. The minimum absolute atomic E-state index is 0.0682. The van der Waals surface area contributed by atoms with Gasteiger partial charge in [0.2, 0.25) is 5.91 Å². The largest absolute Gasteiger partial charge is 0.497 e. The first-order valence-corrected chi connectivity index (χ1v) is 10.2. The summed E-state index contributed by atoms with van der Waals surface area (Å²) in [6.07, 6.45) is 1.73. The van der Waals surface area contributed by atoms with Crippen LogP contribution in [-0.4, -0.2) is 31.1 Å². The van der Waals surface area contributed by atoms with Crippen LogP contribution < -0.4 is 15.0 Å². The van der Waals surface area contributed by atoms with Crippen molar-refractivity contribution in [3.05, 3.63) is 65.9 Å². The number of carbonyl (C=O) groups is 1. The van der Waals surface area contributed by atoms with Crippen LogP contribution in [0.5, 0.6) is 5.75 Å². The minimum atomic E-state index is 0.0682. The van der Waals surface area contributed by atoms with E-state index in [2.05, 4.69) is 39.5 Å². The molecular weight excluding hydrogens is 362 g/mol. The number of aromatic nitrogens is 1. The zero-order valence-electron chi connectivity index (χ0n) is 17.0. The number of ether oxygens (including phenoxy) is 1. The maximum absolute atomic E-state index is 12.6. The number of nitrogens with one attached hydrogen (secondary N) is 1. The molecule has 0 bridgehead atoms. The lowest BCUT2D eigenvalue weighted by atomic mass is 9.95. The maximum atomic E-state index is 12.6. The Balaban J connectivity index is 1.36. The third-order valence-electron chi connectivity index (χ3n) is 5.65. The summed E-state index contributed by atoms with van der Waals surface area (Å²) < 4.78 is 5.17. The number of para-hydroxylation sites is 1. The van der Waals surface area contributed by atoms with Crippen LogP contribution in [0.25, 0.3) is 10.9 Å². The number of carbonyl (C=O) groups excluding carboxylic acids is 1. The quantitative estimate of drug-likeness (QED) is 0.714. The molecular formula is C24H27N3O2. The van der Waals surface area contributed by atoms with Crippen LogP contribution in [0.15, 0.2) is 54.6 Å². The molecule has 5 nitrogen and oxygen atoms in total. The number of hydrogen-bond donors (Lipinski definition) is 1. The lowest BCUT2D eigenvalue weighted by molar-refractivity contribution is -0.125. The second-order valence-corrected chi connectivity index (χ2v) is 7.63. The molecule has 29 heavy (non-hydrogen) atoms. The molecule has 1 fully saturated rings. The summed E-state index contributed by atoms with van der Waals surface area (Å²) in [7, 11) is 1.65. The molecule has 1 amide bonds. The molecule has 4 rings (SSSR count). The van der Waals surface area contributed by atoms with Gasteiger partial charge in [-0.1, -0.05) is 30.3 Å². The van der Waals surface area contributed by atoms with Gasteiger partial charge in [-0.2, -0.15) is 0 Å². The van der Waals surface area contributed by atoms with Crippen molar-refractivity contribution in [3.63, 3.8) is 0 Å². The Hall–Kier alpha value is -3.08. The highest BCUT2D eigenvalue weighted by molar-refractivity contribution is 5.92. The molecule has 0 unspecified atom stereocenters. The van der Waals surface area contributed by atoms with Crippen LogP contribution in [0.3, 0.4) is 0 Å². The van der Waals surface area contributed by atoms with Crippen molar-refractivity contribution in [1.29, 1.82) is 0 Å². The average Bonchev–Trinajstić information content (AvgIpc) is 2.77. The molecule has 1 aliphatic heterocycles. The van der Waals surface area contributed by atoms with E-state index in [4.69, 9.17) is 4.74 Å². The molecule has 1 aliphatic rings. The van der Waals surface area contributed by atoms with Crippen molar-refractivity contribution in [2.75, 3.05) is 25.1 Å². The van der Waals surface area contributed by atoms with E-state index in [0.29, 0.717) is 6.54 Å². The first-order chi connectivity index (χ1) is 14.1. The average molecular weight is 389 g/mol. The highest BCUT2D eigenvalue weighted by atomic mass is 16.5. The molecule has 1 N–H and O–H groups in total. The number of aryl methyl sites for hydroxylation is 1. The van der Waals surface area contributed by atoms with E-state index in [1.54, 1.807) is 7.11 Å². The highest BCUT2D eigenvalue weighted by Gasteiger charge is 2.26. The van der Waals surface area contributed by atoms with E-state index in [0.717, 1.165) is 48.5 Å². The van der Waals surface area contributed by atoms with E-state index in [-0.39, 0.29) is 11.8 Å². The summed E-state index contributed by atoms with van der Waals surface area (Å²) in [4.78, 5) is 19.7. The summed E-state index contributed by atoms with van der Waals surface area (Å²) >= 11 is 0. The standard InChI is InChI=1S/C24H27N3O2/c1-17-15-23(21-5-3-4-6-22(21)26-17)27-13-11-19(12-14-27)24(28)25-16-18-7-9-20(29-2)10-8-18/h3-10,15,19H,11-14,16H2,1-2H3,(H,25,28). The molecule has 0 radical (unpaired) electrons. The van der Waals surface area contributed by atoms with Gasteiger partial charge in [-0.15, -0.1) is 0 Å². The van der Waals surface area contributed by atoms with E-state index in [9.17, 15) is 4.79 Å². The number of benzene rings is 2. The van der Waals surface area contributed by atoms with Crippen LogP contribution in [0.1, 0.15) is 24.1 Å². The molecule has 1 aromatic heterocycles. The number of anilines is 1. The summed E-state index contributed by atoms with van der Waals surface area (Å²) in [5, 5.41) is 4.27. The Bertz CT molecular complexity index is 993. The van der Waals surface area contributed by atoms with Crippen molar-refractivity contribution < 1.29 is 9.53 Å². The maximum Gasteiger partial charge on any atom is 0.223 e. The first kappa shape index (κ1) is 19.2. The fraction of sp³-hybridized carbons (Fsp3) is 0.333. The number of pyridine rings is 1. The number of rotatable bonds is 5. The third-order valence-corrected chi connectivity index (χ3v) is 5.65. The van der Waals surface area contributed by atoms with Gasteiger partial charge in [0.25, 0.3) is 0 Å². The van der Waals surface area contributed by atoms with Gasteiger partial charge in [0, 0.05) is 42.3 Å². The van der Waals surface area contributed by atoms with Crippen LogP contribution >= 0.6 is 0 Å². The third kappa shape index (κ3) is 4.34. The van der Waals surface area contributed by atoms with Gasteiger partial charge < -0.3 is 15.0 Å². The first-order valence-electron chi connectivity index (χ1n) is 10.2. The monoisotopic (exact) mass is 389 g/mol. The van der Waals surface area contributed by atoms with Crippen LogP contribution in [0.2, 0.25) is 0 Å². The normalized spacial score (nSPS) is 14.8. The van der Waals surface area contributed by atoms with E-state index in [1.807, 2.05) is 37.3 Å². The van der Waals surface area contributed by atoms with Crippen molar-refractivity contribution in [2.45, 2.75) is 26.3 Å². The Labute approximate surface area is 171 Å². The lowest BCUT2D eigenvalue weighted by Gasteiger charge is -2.33. The number of nitrogens with zero attached hydrogens (tertiary/aromatic N) is 2. The van der Waals surface area contributed by atoms with Crippen LogP contribution in [-0.2, 0) is 11.3 Å². The molecule has 3 aromatic rings. The molecule has 150 valence electrons. The van der Waals surface area contributed by atoms with E-state index >= 15 is 0 Å². The number of amides is 1. The Morgan fingerprint density at radius 1 is 1.14 bits per heavy atom. The van der Waals surface area contributed by atoms with E-state index in [1.165, 1.54) is 11.1 Å². The molecule has 2 heterocycles. The Morgan fingerprint density at radius 2 is 1.86 bits per heavy atom. The van der Waals surface area contributed by atoms with Gasteiger partial charge in [-0.3, -0.25) is 9.78 Å². The Morgan fingerprint density at radius 3 is 2.59 bits per heavy atom. The predicted molar refractivity (Wildman–Crippen MR) is 116 cm³/mol. The van der Waals surface area contributed by atoms with Crippen molar-refractivity contribution in [2.24, 2.45) is 5.92 Å². The zero-order valence-corrected chi connectivity index (χ0v) is 17.0. The fourth-order valence-corrected chi connectivity index (χ4v) is 4.01. The van der Waals surface area contributed by atoms with Gasteiger partial charge in [-0.05, 0) is 49.6 Å². The lowest BCUT2D eigenvalue weighted by Crippen LogP contribution is -2.40.